The van der Waals surface area contributed by atoms with Crippen LogP contribution in [0.15, 0.2) is 18.2 Å². The van der Waals surface area contributed by atoms with E-state index < -0.39 is 0 Å². The second kappa shape index (κ2) is 7.99. The van der Waals surface area contributed by atoms with E-state index in [0.717, 1.165) is 30.8 Å². The highest BCUT2D eigenvalue weighted by atomic mass is 35.5. The van der Waals surface area contributed by atoms with E-state index in [-0.39, 0.29) is 23.8 Å². The molecule has 0 aromatic heterocycles. The maximum atomic E-state index is 12.4. The zero-order valence-corrected chi connectivity index (χ0v) is 14.7. The first-order valence-corrected chi connectivity index (χ1v) is 8.35. The van der Waals surface area contributed by atoms with Crippen molar-refractivity contribution in [2.45, 2.75) is 25.8 Å². The summed E-state index contributed by atoms with van der Waals surface area (Å²) in [5.74, 6) is -0.296. The van der Waals surface area contributed by atoms with Gasteiger partial charge in [-0.2, -0.15) is 0 Å². The van der Waals surface area contributed by atoms with Crippen molar-refractivity contribution in [2.75, 3.05) is 25.5 Å². The van der Waals surface area contributed by atoms with Gasteiger partial charge in [0.05, 0.1) is 26.1 Å². The lowest BCUT2D eigenvalue weighted by Gasteiger charge is -2.31. The van der Waals surface area contributed by atoms with Crippen LogP contribution in [0.1, 0.15) is 19.8 Å². The molecule has 0 aliphatic carbocycles. The Bertz CT molecular complexity index is 566. The van der Waals surface area contributed by atoms with Crippen LogP contribution in [0.3, 0.4) is 0 Å². The summed E-state index contributed by atoms with van der Waals surface area (Å²) in [5.41, 5.74) is 0.586. The number of anilines is 1. The number of amides is 1. The Kier molecular flexibility index (Phi) is 6.27. The number of esters is 1. The van der Waals surface area contributed by atoms with Gasteiger partial charge in [-0.25, -0.2) is 0 Å². The van der Waals surface area contributed by atoms with Gasteiger partial charge in [-0.05, 0) is 25.1 Å². The van der Waals surface area contributed by atoms with Crippen LogP contribution in [0, 0.1) is 5.92 Å². The van der Waals surface area contributed by atoms with Gasteiger partial charge in [0, 0.05) is 28.6 Å². The van der Waals surface area contributed by atoms with Gasteiger partial charge in [-0.15, -0.1) is 0 Å². The molecule has 0 unspecified atom stereocenters. The number of benzene rings is 1. The molecule has 1 aliphatic heterocycles. The van der Waals surface area contributed by atoms with Crippen molar-refractivity contribution in [1.29, 1.82) is 0 Å². The summed E-state index contributed by atoms with van der Waals surface area (Å²) < 4.78 is 4.78. The largest absolute Gasteiger partial charge is 0.469 e. The molecule has 7 heteroatoms. The summed E-state index contributed by atoms with van der Waals surface area (Å²) in [6.07, 6.45) is 1.48. The van der Waals surface area contributed by atoms with Gasteiger partial charge in [0.25, 0.3) is 5.91 Å². The maximum Gasteiger partial charge on any atom is 0.309 e. The molecule has 1 aliphatic rings. The molecule has 5 nitrogen and oxygen atoms in total. The van der Waals surface area contributed by atoms with Crippen molar-refractivity contribution < 1.29 is 19.2 Å². The molecule has 1 aromatic carbocycles. The summed E-state index contributed by atoms with van der Waals surface area (Å²) in [6, 6.07) is 4.73. The SMILES string of the molecule is COC(=O)C1CC[NH+]([C@@H](C)C(=O)Nc2cc(Cl)cc(Cl)c2)CC1. The molecule has 1 amide bonds. The minimum absolute atomic E-state index is 0.0502. The van der Waals surface area contributed by atoms with Crippen LogP contribution in [0.4, 0.5) is 5.69 Å². The molecular weight excluding hydrogens is 339 g/mol. The van der Waals surface area contributed by atoms with Gasteiger partial charge < -0.3 is 15.0 Å². The molecule has 23 heavy (non-hydrogen) atoms. The molecular formula is C16H21Cl2N2O3+. The van der Waals surface area contributed by atoms with Gasteiger partial charge in [0.2, 0.25) is 0 Å². The molecule has 1 heterocycles. The summed E-state index contributed by atoms with van der Waals surface area (Å²) >= 11 is 11.9. The molecule has 0 bridgehead atoms. The number of ether oxygens (including phenoxy) is 1. The number of carbonyl (C=O) groups is 2. The third-order valence-electron chi connectivity index (χ3n) is 4.30. The number of halogens is 2. The quantitative estimate of drug-likeness (QED) is 0.805. The van der Waals surface area contributed by atoms with E-state index in [9.17, 15) is 9.59 Å². The first-order chi connectivity index (χ1) is 10.9. The molecule has 126 valence electrons. The Balaban J connectivity index is 1.91. The first kappa shape index (κ1) is 18.0. The van der Waals surface area contributed by atoms with Crippen molar-refractivity contribution in [1.82, 2.24) is 0 Å². The third-order valence-corrected chi connectivity index (χ3v) is 4.73. The molecule has 0 spiro atoms. The highest BCUT2D eigenvalue weighted by Gasteiger charge is 2.33. The molecule has 1 aromatic rings. The van der Waals surface area contributed by atoms with Crippen molar-refractivity contribution in [2.24, 2.45) is 5.92 Å². The van der Waals surface area contributed by atoms with E-state index in [2.05, 4.69) is 5.32 Å². The number of quaternary nitrogens is 1. The average molecular weight is 360 g/mol. The number of rotatable bonds is 4. The lowest BCUT2D eigenvalue weighted by Crippen LogP contribution is -3.17. The standard InChI is InChI=1S/C16H20Cl2N2O3/c1-10(20-5-3-11(4-6-20)16(22)23-2)15(21)19-14-8-12(17)7-13(18)9-14/h7-11H,3-6H2,1-2H3,(H,19,21)/p+1/t10-/m0/s1. The molecule has 2 N–H and O–H groups in total. The number of likely N-dealkylation sites (tertiary alicyclic amines) is 1. The molecule has 0 saturated carbocycles. The lowest BCUT2D eigenvalue weighted by atomic mass is 9.96. The van der Waals surface area contributed by atoms with E-state index >= 15 is 0 Å². The fraction of sp³-hybridized carbons (Fsp3) is 0.500. The van der Waals surface area contributed by atoms with Crippen molar-refractivity contribution in [3.63, 3.8) is 0 Å². The van der Waals surface area contributed by atoms with Gasteiger partial charge in [0.15, 0.2) is 6.04 Å². The Hall–Kier alpha value is -1.30. The predicted molar refractivity (Wildman–Crippen MR) is 90.0 cm³/mol. The topological polar surface area (TPSA) is 59.8 Å². The second-order valence-electron chi connectivity index (χ2n) is 5.82. The van der Waals surface area contributed by atoms with Crippen LogP contribution >= 0.6 is 23.2 Å². The van der Waals surface area contributed by atoms with E-state index in [1.165, 1.54) is 7.11 Å². The average Bonchev–Trinajstić information content (AvgIpc) is 2.52. The Labute approximate surface area is 145 Å². The highest BCUT2D eigenvalue weighted by molar-refractivity contribution is 6.35. The number of nitrogens with one attached hydrogen (secondary N) is 2. The summed E-state index contributed by atoms with van der Waals surface area (Å²) in [4.78, 5) is 25.1. The van der Waals surface area contributed by atoms with Gasteiger partial charge >= 0.3 is 5.97 Å². The van der Waals surface area contributed by atoms with Crippen LogP contribution in [0.25, 0.3) is 0 Å². The minimum Gasteiger partial charge on any atom is -0.469 e. The van der Waals surface area contributed by atoms with Crippen molar-refractivity contribution in [3.05, 3.63) is 28.2 Å². The number of methoxy groups -OCH3 is 1. The van der Waals surface area contributed by atoms with Gasteiger partial charge in [-0.1, -0.05) is 23.2 Å². The normalized spacial score (nSPS) is 22.3. The van der Waals surface area contributed by atoms with Crippen LogP contribution in [0.2, 0.25) is 10.0 Å². The zero-order chi connectivity index (χ0) is 17.0. The van der Waals surface area contributed by atoms with E-state index in [0.29, 0.717) is 15.7 Å². The fourth-order valence-corrected chi connectivity index (χ4v) is 3.41. The van der Waals surface area contributed by atoms with E-state index in [1.54, 1.807) is 18.2 Å². The number of hydrogen-bond acceptors (Lipinski definition) is 3. The van der Waals surface area contributed by atoms with Crippen LogP contribution in [-0.2, 0) is 14.3 Å². The maximum absolute atomic E-state index is 12.4. The van der Waals surface area contributed by atoms with Crippen LogP contribution in [0.5, 0.6) is 0 Å². The fourth-order valence-electron chi connectivity index (χ4n) is 2.89. The van der Waals surface area contributed by atoms with E-state index in [4.69, 9.17) is 27.9 Å². The van der Waals surface area contributed by atoms with Crippen LogP contribution in [-0.4, -0.2) is 38.1 Å². The molecule has 2 rings (SSSR count). The monoisotopic (exact) mass is 359 g/mol. The lowest BCUT2D eigenvalue weighted by molar-refractivity contribution is -0.919. The smallest absolute Gasteiger partial charge is 0.309 e. The summed E-state index contributed by atoms with van der Waals surface area (Å²) in [5, 5.41) is 3.80. The third kappa shape index (κ3) is 4.83. The zero-order valence-electron chi connectivity index (χ0n) is 13.2. The Morgan fingerprint density at radius 1 is 1.22 bits per heavy atom. The van der Waals surface area contributed by atoms with Gasteiger partial charge in [0.1, 0.15) is 0 Å². The number of hydrogen-bond donors (Lipinski definition) is 2. The van der Waals surface area contributed by atoms with E-state index in [1.807, 2.05) is 6.92 Å². The van der Waals surface area contributed by atoms with Crippen molar-refractivity contribution in [3.8, 4) is 0 Å². The summed E-state index contributed by atoms with van der Waals surface area (Å²) in [6.45, 7) is 3.42. The molecule has 0 radical (unpaired) electrons. The number of carbonyl (C=O) groups excluding carboxylic acids is 2. The summed E-state index contributed by atoms with van der Waals surface area (Å²) in [7, 11) is 1.41. The first-order valence-electron chi connectivity index (χ1n) is 7.60. The second-order valence-corrected chi connectivity index (χ2v) is 6.70. The van der Waals surface area contributed by atoms with Crippen LogP contribution < -0.4 is 10.2 Å². The number of piperidine rings is 1. The molecule has 1 saturated heterocycles. The molecule has 1 fully saturated rings. The predicted octanol–water partition coefficient (Wildman–Crippen LogP) is 1.79. The minimum atomic E-state index is -0.216. The van der Waals surface area contributed by atoms with Crippen molar-refractivity contribution >= 4 is 40.8 Å². The Morgan fingerprint density at radius 2 is 1.78 bits per heavy atom. The Morgan fingerprint density at radius 3 is 2.30 bits per heavy atom. The highest BCUT2D eigenvalue weighted by Crippen LogP contribution is 2.22. The van der Waals surface area contributed by atoms with Gasteiger partial charge in [-0.3, -0.25) is 9.59 Å². The molecule has 1 atom stereocenters.